The topological polar surface area (TPSA) is 125 Å². The van der Waals surface area contributed by atoms with Crippen molar-refractivity contribution in [1.82, 2.24) is 10.6 Å². The number of nitriles is 1. The lowest BCUT2D eigenvalue weighted by atomic mass is 10.0. The third-order valence-corrected chi connectivity index (χ3v) is 3.42. The first-order chi connectivity index (χ1) is 11.4. The molecule has 0 spiro atoms. The highest BCUT2D eigenvalue weighted by Gasteiger charge is 2.24. The van der Waals surface area contributed by atoms with Crippen LogP contribution in [0, 0.1) is 11.3 Å². The highest BCUT2D eigenvalue weighted by Crippen LogP contribution is 2.06. The summed E-state index contributed by atoms with van der Waals surface area (Å²) in [5.41, 5.74) is 6.18. The van der Waals surface area contributed by atoms with Crippen LogP contribution in [0.2, 0.25) is 0 Å². The predicted octanol–water partition coefficient (Wildman–Crippen LogP) is 0.398. The lowest BCUT2D eigenvalue weighted by Gasteiger charge is -2.21. The molecule has 0 saturated carbocycles. The monoisotopic (exact) mass is 330 g/mol. The quantitative estimate of drug-likeness (QED) is 0.567. The molecule has 1 aromatic rings. The van der Waals surface area contributed by atoms with Crippen LogP contribution in [0.4, 0.5) is 0 Å². The second-order valence-corrected chi connectivity index (χ2v) is 5.46. The molecule has 0 aliphatic heterocycles. The fourth-order valence-corrected chi connectivity index (χ4v) is 2.25. The summed E-state index contributed by atoms with van der Waals surface area (Å²) in [6.07, 6.45) is 1.31. The standard InChI is InChI=1S/C17H22N4O3/c1-12(22)20-15(11-13-7-3-2-4-8-13)17(24)21-14(16(19)23)9-5-6-10-18/h2-4,7-8,14-15H,5-6,9,11H2,1H3,(H2,19,23)(H,20,22)(H,21,24)/t14-,15+/m1/s1. The number of amides is 3. The number of primary amides is 1. The van der Waals surface area contributed by atoms with Gasteiger partial charge in [0.05, 0.1) is 6.07 Å². The van der Waals surface area contributed by atoms with Crippen molar-refractivity contribution in [2.45, 2.75) is 44.7 Å². The normalized spacial score (nSPS) is 12.5. The highest BCUT2D eigenvalue weighted by atomic mass is 16.2. The number of benzene rings is 1. The number of unbranched alkanes of at least 4 members (excludes halogenated alkanes) is 1. The molecule has 0 radical (unpaired) electrons. The van der Waals surface area contributed by atoms with Crippen molar-refractivity contribution in [3.63, 3.8) is 0 Å². The molecular weight excluding hydrogens is 308 g/mol. The number of carbonyl (C=O) groups excluding carboxylic acids is 3. The second kappa shape index (κ2) is 10.0. The van der Waals surface area contributed by atoms with Crippen molar-refractivity contribution in [1.29, 1.82) is 5.26 Å². The van der Waals surface area contributed by atoms with Gasteiger partial charge in [-0.05, 0) is 18.4 Å². The average Bonchev–Trinajstić information content (AvgIpc) is 2.53. The average molecular weight is 330 g/mol. The number of hydrogen-bond acceptors (Lipinski definition) is 4. The van der Waals surface area contributed by atoms with Crippen LogP contribution in [0.5, 0.6) is 0 Å². The maximum absolute atomic E-state index is 12.4. The van der Waals surface area contributed by atoms with Crippen molar-refractivity contribution >= 4 is 17.7 Å². The van der Waals surface area contributed by atoms with Crippen molar-refractivity contribution in [2.75, 3.05) is 0 Å². The largest absolute Gasteiger partial charge is 0.368 e. The molecule has 0 aliphatic rings. The zero-order chi connectivity index (χ0) is 17.9. The molecule has 4 N–H and O–H groups in total. The number of nitrogens with two attached hydrogens (primary N) is 1. The smallest absolute Gasteiger partial charge is 0.243 e. The van der Waals surface area contributed by atoms with Crippen LogP contribution < -0.4 is 16.4 Å². The van der Waals surface area contributed by atoms with Gasteiger partial charge in [-0.1, -0.05) is 30.3 Å². The van der Waals surface area contributed by atoms with E-state index in [0.717, 1.165) is 5.56 Å². The molecule has 0 unspecified atom stereocenters. The first-order valence-electron chi connectivity index (χ1n) is 7.71. The lowest BCUT2D eigenvalue weighted by Crippen LogP contribution is -2.53. The van der Waals surface area contributed by atoms with Gasteiger partial charge in [-0.3, -0.25) is 14.4 Å². The molecule has 0 aliphatic carbocycles. The molecule has 3 amide bonds. The van der Waals surface area contributed by atoms with Gasteiger partial charge < -0.3 is 16.4 Å². The van der Waals surface area contributed by atoms with Gasteiger partial charge >= 0.3 is 0 Å². The molecule has 128 valence electrons. The summed E-state index contributed by atoms with van der Waals surface area (Å²) in [5, 5.41) is 13.7. The van der Waals surface area contributed by atoms with Crippen LogP contribution in [0.3, 0.4) is 0 Å². The number of nitrogens with one attached hydrogen (secondary N) is 2. The van der Waals surface area contributed by atoms with Crippen LogP contribution in [0.15, 0.2) is 30.3 Å². The summed E-state index contributed by atoms with van der Waals surface area (Å²) in [6, 6.07) is 9.54. The van der Waals surface area contributed by atoms with Crippen LogP contribution in [0.25, 0.3) is 0 Å². The number of carbonyl (C=O) groups is 3. The third-order valence-electron chi connectivity index (χ3n) is 3.42. The third kappa shape index (κ3) is 6.92. The van der Waals surface area contributed by atoms with Crippen molar-refractivity contribution in [3.8, 4) is 6.07 Å². The number of rotatable bonds is 9. The lowest BCUT2D eigenvalue weighted by molar-refractivity contribution is -0.130. The van der Waals surface area contributed by atoms with Gasteiger partial charge in [0.15, 0.2) is 0 Å². The van der Waals surface area contributed by atoms with Gasteiger partial charge in [0, 0.05) is 19.8 Å². The highest BCUT2D eigenvalue weighted by molar-refractivity contribution is 5.91. The fraction of sp³-hybridized carbons (Fsp3) is 0.412. The zero-order valence-corrected chi connectivity index (χ0v) is 13.6. The van der Waals surface area contributed by atoms with Gasteiger partial charge in [0.2, 0.25) is 17.7 Å². The minimum Gasteiger partial charge on any atom is -0.368 e. The fourth-order valence-electron chi connectivity index (χ4n) is 2.25. The summed E-state index contributed by atoms with van der Waals surface area (Å²) in [4.78, 5) is 35.3. The summed E-state index contributed by atoms with van der Waals surface area (Å²) < 4.78 is 0. The minimum absolute atomic E-state index is 0.277. The zero-order valence-electron chi connectivity index (χ0n) is 13.6. The Balaban J connectivity index is 2.76. The molecule has 0 aromatic heterocycles. The van der Waals surface area contributed by atoms with E-state index < -0.39 is 23.9 Å². The van der Waals surface area contributed by atoms with Gasteiger partial charge in [0.25, 0.3) is 0 Å². The SMILES string of the molecule is CC(=O)N[C@@H](Cc1ccccc1)C(=O)N[C@H](CCCC#N)C(N)=O. The molecule has 1 rings (SSSR count). The Hall–Kier alpha value is -2.88. The molecule has 0 bridgehead atoms. The van der Waals surface area contributed by atoms with E-state index in [0.29, 0.717) is 12.8 Å². The summed E-state index contributed by atoms with van der Waals surface area (Å²) in [7, 11) is 0. The molecule has 1 aromatic carbocycles. The van der Waals surface area contributed by atoms with Crippen LogP contribution in [-0.4, -0.2) is 29.8 Å². The molecule has 0 heterocycles. The van der Waals surface area contributed by atoms with Crippen LogP contribution in [-0.2, 0) is 20.8 Å². The Bertz CT molecular complexity index is 610. The van der Waals surface area contributed by atoms with E-state index >= 15 is 0 Å². The number of nitrogens with zero attached hydrogens (tertiary/aromatic N) is 1. The Kier molecular flexibility index (Phi) is 7.99. The Labute approximate surface area is 141 Å². The van der Waals surface area contributed by atoms with E-state index in [1.165, 1.54) is 6.92 Å². The second-order valence-electron chi connectivity index (χ2n) is 5.46. The van der Waals surface area contributed by atoms with Gasteiger partial charge in [0.1, 0.15) is 12.1 Å². The van der Waals surface area contributed by atoms with E-state index in [1.807, 2.05) is 36.4 Å². The van der Waals surface area contributed by atoms with E-state index in [4.69, 9.17) is 11.0 Å². The van der Waals surface area contributed by atoms with Crippen LogP contribution in [0.1, 0.15) is 31.7 Å². The maximum Gasteiger partial charge on any atom is 0.243 e. The van der Waals surface area contributed by atoms with Gasteiger partial charge in [-0.2, -0.15) is 5.26 Å². The van der Waals surface area contributed by atoms with Crippen LogP contribution >= 0.6 is 0 Å². The first-order valence-corrected chi connectivity index (χ1v) is 7.71. The Morgan fingerprint density at radius 3 is 2.38 bits per heavy atom. The molecule has 0 fully saturated rings. The van der Waals surface area contributed by atoms with E-state index in [-0.39, 0.29) is 18.7 Å². The molecule has 7 nitrogen and oxygen atoms in total. The summed E-state index contributed by atoms with van der Waals surface area (Å²) in [5.74, 6) is -1.48. The van der Waals surface area contributed by atoms with Gasteiger partial charge in [-0.25, -0.2) is 0 Å². The van der Waals surface area contributed by atoms with Gasteiger partial charge in [-0.15, -0.1) is 0 Å². The molecule has 0 saturated heterocycles. The molecule has 2 atom stereocenters. The molecule has 24 heavy (non-hydrogen) atoms. The van der Waals surface area contributed by atoms with E-state index in [1.54, 1.807) is 0 Å². The Morgan fingerprint density at radius 2 is 1.83 bits per heavy atom. The van der Waals surface area contributed by atoms with E-state index in [2.05, 4.69) is 10.6 Å². The minimum atomic E-state index is -0.863. The van der Waals surface area contributed by atoms with E-state index in [9.17, 15) is 14.4 Å². The van der Waals surface area contributed by atoms with Crippen molar-refractivity contribution in [2.24, 2.45) is 5.73 Å². The Morgan fingerprint density at radius 1 is 1.17 bits per heavy atom. The molecular formula is C17H22N4O3. The van der Waals surface area contributed by atoms with Crippen molar-refractivity contribution < 1.29 is 14.4 Å². The molecule has 7 heteroatoms. The summed E-state index contributed by atoms with van der Waals surface area (Å²) >= 11 is 0. The first kappa shape index (κ1) is 19.2. The number of hydrogen-bond donors (Lipinski definition) is 3. The maximum atomic E-state index is 12.4. The summed E-state index contributed by atoms with van der Waals surface area (Å²) in [6.45, 7) is 1.32. The van der Waals surface area contributed by atoms with Crippen molar-refractivity contribution in [3.05, 3.63) is 35.9 Å². The predicted molar refractivity (Wildman–Crippen MR) is 88.3 cm³/mol.